The fourth-order valence-corrected chi connectivity index (χ4v) is 6.05. The molecule has 0 aliphatic heterocycles. The van der Waals surface area contributed by atoms with E-state index in [0.29, 0.717) is 0 Å². The lowest BCUT2D eigenvalue weighted by Gasteiger charge is -2.36. The molecule has 0 N–H and O–H groups in total. The second-order valence-electron chi connectivity index (χ2n) is 8.89. The van der Waals surface area contributed by atoms with Crippen LogP contribution in [-0.2, 0) is 10.8 Å². The molecule has 0 saturated carbocycles. The highest BCUT2D eigenvalue weighted by Gasteiger charge is 2.43. The molecule has 2 aliphatic carbocycles. The Hall–Kier alpha value is -1.85. The molecule has 0 radical (unpaired) electrons. The molecule has 0 aromatic carbocycles. The summed E-state index contributed by atoms with van der Waals surface area (Å²) in [6.45, 7) is 4.47. The van der Waals surface area contributed by atoms with E-state index in [1.807, 2.05) is 24.3 Å². The van der Waals surface area contributed by atoms with Crippen LogP contribution in [0.1, 0.15) is 90.9 Å². The van der Waals surface area contributed by atoms with Crippen molar-refractivity contribution in [3.8, 4) is 0 Å². The molecule has 0 aromatic rings. The number of hydrogen-bond donors (Lipinski definition) is 0. The molecule has 0 heterocycles. The van der Waals surface area contributed by atoms with E-state index in [2.05, 4.69) is 73.9 Å². The molecule has 0 spiro atoms. The molecular weight excluding hydrogens is 408 g/mol. The van der Waals surface area contributed by atoms with Gasteiger partial charge in [-0.3, -0.25) is 4.21 Å². The van der Waals surface area contributed by atoms with Crippen molar-refractivity contribution >= 4 is 10.8 Å². The predicted molar refractivity (Wildman–Crippen MR) is 142 cm³/mol. The van der Waals surface area contributed by atoms with Crippen LogP contribution in [-0.4, -0.2) is 13.7 Å². The zero-order chi connectivity index (χ0) is 23.0. The molecule has 0 amide bonds. The summed E-state index contributed by atoms with van der Waals surface area (Å²) in [4.78, 5) is 0. The fourth-order valence-electron chi connectivity index (χ4n) is 4.10. The van der Waals surface area contributed by atoms with E-state index in [1.54, 1.807) is 0 Å². The predicted octanol–water partition coefficient (Wildman–Crippen LogP) is 8.61. The van der Waals surface area contributed by atoms with E-state index in [9.17, 15) is 4.21 Å². The second-order valence-corrected chi connectivity index (χ2v) is 10.9. The summed E-state index contributed by atoms with van der Waals surface area (Å²) in [7, 11) is -1.18. The van der Waals surface area contributed by atoms with Crippen molar-refractivity contribution in [2.24, 2.45) is 0 Å². The molecule has 174 valence electrons. The minimum atomic E-state index is -1.18. The van der Waals surface area contributed by atoms with Gasteiger partial charge in [0, 0.05) is 0 Å². The van der Waals surface area contributed by atoms with Crippen molar-refractivity contribution in [3.63, 3.8) is 0 Å². The Bertz CT molecular complexity index is 759. The Morgan fingerprint density at radius 2 is 1.19 bits per heavy atom. The SMILES string of the molecule is CCCCCCC=C=C[C@]1(S(=O)[C@@]2(C=C=CCCCCCC)C=CC=CC2)C=CC=CC1. The Morgan fingerprint density at radius 3 is 1.56 bits per heavy atom. The van der Waals surface area contributed by atoms with Gasteiger partial charge in [-0.25, -0.2) is 0 Å². The van der Waals surface area contributed by atoms with Crippen molar-refractivity contribution in [1.29, 1.82) is 0 Å². The molecule has 2 heteroatoms. The van der Waals surface area contributed by atoms with Gasteiger partial charge < -0.3 is 0 Å². The maximum atomic E-state index is 14.2. The van der Waals surface area contributed by atoms with Gasteiger partial charge in [-0.15, -0.1) is 11.5 Å². The highest BCUT2D eigenvalue weighted by Crippen LogP contribution is 2.38. The van der Waals surface area contributed by atoms with Crippen LogP contribution in [0.15, 0.2) is 84.4 Å². The van der Waals surface area contributed by atoms with E-state index in [1.165, 1.54) is 51.4 Å². The van der Waals surface area contributed by atoms with Gasteiger partial charge >= 0.3 is 0 Å². The summed E-state index contributed by atoms with van der Waals surface area (Å²) >= 11 is 0. The molecular formula is C30H42OS. The van der Waals surface area contributed by atoms with Crippen molar-refractivity contribution < 1.29 is 4.21 Å². The highest BCUT2D eigenvalue weighted by atomic mass is 32.2. The lowest BCUT2D eigenvalue weighted by atomic mass is 9.98. The van der Waals surface area contributed by atoms with Crippen molar-refractivity contribution in [1.82, 2.24) is 0 Å². The van der Waals surface area contributed by atoms with Crippen LogP contribution in [0.2, 0.25) is 0 Å². The van der Waals surface area contributed by atoms with E-state index >= 15 is 0 Å². The fraction of sp³-hybridized carbons (Fsp3) is 0.533. The first-order valence-corrected chi connectivity index (χ1v) is 13.8. The minimum Gasteiger partial charge on any atom is -0.257 e. The standard InChI is InChI=1S/C30H42OS/c1-3-5-7-9-11-13-17-23-29(25-19-15-20-26-29)32(31)30(27-21-16-22-28-30)24-18-14-12-10-8-6-4-2/h13-16,19-25,27H,3-12,26,28H2,1-2H3/t17?,18?,29-,30-,32?/m0/s1. The molecule has 0 aromatic heterocycles. The molecule has 2 rings (SSSR count). The average Bonchev–Trinajstić information content (AvgIpc) is 2.83. The maximum Gasteiger partial charge on any atom is 0.0941 e. The molecule has 0 saturated heterocycles. The summed E-state index contributed by atoms with van der Waals surface area (Å²) in [5.74, 6) is 0. The van der Waals surface area contributed by atoms with Gasteiger partial charge in [0.2, 0.25) is 0 Å². The third kappa shape index (κ3) is 8.25. The van der Waals surface area contributed by atoms with Gasteiger partial charge in [0.05, 0.1) is 20.3 Å². The number of rotatable bonds is 14. The number of unbranched alkanes of at least 4 members (excludes halogenated alkanes) is 8. The van der Waals surface area contributed by atoms with E-state index in [-0.39, 0.29) is 0 Å². The highest BCUT2D eigenvalue weighted by molar-refractivity contribution is 7.88. The van der Waals surface area contributed by atoms with Crippen LogP contribution >= 0.6 is 0 Å². The summed E-state index contributed by atoms with van der Waals surface area (Å²) in [5.41, 5.74) is 6.79. The summed E-state index contributed by atoms with van der Waals surface area (Å²) < 4.78 is 13.1. The maximum absolute atomic E-state index is 14.2. The van der Waals surface area contributed by atoms with Crippen molar-refractivity contribution in [2.45, 2.75) is 100 Å². The Morgan fingerprint density at radius 1 is 0.719 bits per heavy atom. The molecule has 0 fully saturated rings. The van der Waals surface area contributed by atoms with Crippen molar-refractivity contribution in [3.05, 3.63) is 84.4 Å². The van der Waals surface area contributed by atoms with Crippen LogP contribution in [0.3, 0.4) is 0 Å². The molecule has 2 atom stereocenters. The largest absolute Gasteiger partial charge is 0.257 e. The summed E-state index contributed by atoms with van der Waals surface area (Å²) in [6, 6.07) is 0. The van der Waals surface area contributed by atoms with Gasteiger partial charge in [-0.2, -0.15) is 0 Å². The van der Waals surface area contributed by atoms with E-state index in [4.69, 9.17) is 0 Å². The van der Waals surface area contributed by atoms with Crippen molar-refractivity contribution in [2.75, 3.05) is 0 Å². The quantitative estimate of drug-likeness (QED) is 0.191. The Balaban J connectivity index is 2.20. The van der Waals surface area contributed by atoms with Gasteiger partial charge in [0.1, 0.15) is 0 Å². The molecule has 1 nitrogen and oxygen atoms in total. The first kappa shape index (κ1) is 26.4. The summed E-state index contributed by atoms with van der Waals surface area (Å²) in [6.07, 6.45) is 38.5. The van der Waals surface area contributed by atoms with Crippen LogP contribution in [0.25, 0.3) is 0 Å². The van der Waals surface area contributed by atoms with Gasteiger partial charge in [-0.05, 0) is 62.8 Å². The molecule has 0 bridgehead atoms. The third-order valence-electron chi connectivity index (χ3n) is 6.11. The molecule has 2 aliphatic rings. The smallest absolute Gasteiger partial charge is 0.0941 e. The van der Waals surface area contributed by atoms with E-state index in [0.717, 1.165) is 25.7 Å². The lowest BCUT2D eigenvalue weighted by Crippen LogP contribution is -2.44. The van der Waals surface area contributed by atoms with Gasteiger partial charge in [0.15, 0.2) is 0 Å². The van der Waals surface area contributed by atoms with Gasteiger partial charge in [0.25, 0.3) is 0 Å². The Labute approximate surface area is 199 Å². The van der Waals surface area contributed by atoms with Crippen LogP contribution in [0.5, 0.6) is 0 Å². The zero-order valence-electron chi connectivity index (χ0n) is 20.2. The first-order chi connectivity index (χ1) is 15.7. The minimum absolute atomic E-state index is 0.538. The van der Waals surface area contributed by atoms with Crippen LogP contribution < -0.4 is 0 Å². The second kappa shape index (κ2) is 15.1. The lowest BCUT2D eigenvalue weighted by molar-refractivity contribution is 0.642. The van der Waals surface area contributed by atoms with Crippen LogP contribution in [0, 0.1) is 0 Å². The van der Waals surface area contributed by atoms with Gasteiger partial charge in [-0.1, -0.05) is 101 Å². The summed E-state index contributed by atoms with van der Waals surface area (Å²) in [5, 5.41) is 0. The zero-order valence-corrected chi connectivity index (χ0v) is 21.0. The first-order valence-electron chi connectivity index (χ1n) is 12.6. The number of allylic oxidation sites excluding steroid dienone is 6. The van der Waals surface area contributed by atoms with Crippen LogP contribution in [0.4, 0.5) is 0 Å². The third-order valence-corrected chi connectivity index (χ3v) is 8.33. The molecule has 0 unspecified atom stereocenters. The number of hydrogen-bond acceptors (Lipinski definition) is 1. The normalized spacial score (nSPS) is 24.4. The van der Waals surface area contributed by atoms with E-state index < -0.39 is 20.3 Å². The average molecular weight is 451 g/mol. The topological polar surface area (TPSA) is 17.1 Å². The molecule has 32 heavy (non-hydrogen) atoms. The Kier molecular flexibility index (Phi) is 12.4. The monoisotopic (exact) mass is 450 g/mol.